The molecule has 0 amide bonds. The average Bonchev–Trinajstić information content (AvgIpc) is 3.55. The fraction of sp³-hybridized carbons (Fsp3) is 0.0698. The number of benzene rings is 8. The van der Waals surface area contributed by atoms with Crippen molar-refractivity contribution in [2.45, 2.75) is 19.3 Å². The molecule has 0 N–H and O–H groups in total. The summed E-state index contributed by atoms with van der Waals surface area (Å²) in [5.74, 6) is 0. The van der Waals surface area contributed by atoms with Gasteiger partial charge in [-0.2, -0.15) is 0 Å². The maximum Gasteiger partial charge on any atom is 0.0402 e. The molecule has 0 spiro atoms. The largest absolute Gasteiger partial charge is 0.135 e. The van der Waals surface area contributed by atoms with Gasteiger partial charge in [0, 0.05) is 25.6 Å². The number of fused-ring (bicyclic) bond motifs is 7. The van der Waals surface area contributed by atoms with E-state index in [0.717, 1.165) is 0 Å². The molecule has 0 aliphatic heterocycles. The summed E-state index contributed by atoms with van der Waals surface area (Å²) in [5.41, 5.74) is 10.7. The zero-order valence-corrected chi connectivity index (χ0v) is 25.4. The van der Waals surface area contributed by atoms with Crippen LogP contribution in [-0.4, -0.2) is 0 Å². The van der Waals surface area contributed by atoms with Crippen molar-refractivity contribution < 1.29 is 0 Å². The lowest BCUT2D eigenvalue weighted by Gasteiger charge is -2.22. The zero-order chi connectivity index (χ0) is 29.2. The molecule has 0 nitrogen and oxygen atoms in total. The van der Waals surface area contributed by atoms with Gasteiger partial charge >= 0.3 is 0 Å². The molecule has 8 aromatic carbocycles. The number of rotatable bonds is 2. The predicted molar refractivity (Wildman–Crippen MR) is 191 cm³/mol. The van der Waals surface area contributed by atoms with Gasteiger partial charge in [-0.25, -0.2) is 0 Å². The summed E-state index contributed by atoms with van der Waals surface area (Å²) in [5, 5.41) is 10.7. The molecule has 1 heteroatoms. The third-order valence-electron chi connectivity index (χ3n) is 10.2. The molecule has 1 heterocycles. The van der Waals surface area contributed by atoms with E-state index >= 15 is 0 Å². The van der Waals surface area contributed by atoms with E-state index in [9.17, 15) is 0 Å². The first-order chi connectivity index (χ1) is 21.6. The van der Waals surface area contributed by atoms with Crippen LogP contribution in [0.15, 0.2) is 133 Å². The van der Waals surface area contributed by atoms with E-state index < -0.39 is 0 Å². The Hall–Kier alpha value is -4.98. The molecular formula is C43H28S. The Morgan fingerprint density at radius 1 is 0.455 bits per heavy atom. The second-order valence-electron chi connectivity index (χ2n) is 12.9. The third-order valence-corrected chi connectivity index (χ3v) is 11.4. The predicted octanol–water partition coefficient (Wildman–Crippen LogP) is 12.6. The Bertz CT molecular complexity index is 2620. The summed E-state index contributed by atoms with van der Waals surface area (Å²) in [6, 6.07) is 50.1. The van der Waals surface area contributed by atoms with Crippen LogP contribution in [-0.2, 0) is 5.41 Å². The lowest BCUT2D eigenvalue weighted by Crippen LogP contribution is -2.15. The molecule has 0 bridgehead atoms. The molecule has 0 saturated heterocycles. The molecule has 0 fully saturated rings. The van der Waals surface area contributed by atoms with Crippen LogP contribution in [0.25, 0.3) is 85.9 Å². The maximum atomic E-state index is 2.46. The van der Waals surface area contributed by atoms with Crippen LogP contribution in [0, 0.1) is 0 Å². The first kappa shape index (κ1) is 24.5. The Labute approximate surface area is 260 Å². The third kappa shape index (κ3) is 3.12. The van der Waals surface area contributed by atoms with Crippen molar-refractivity contribution in [1.82, 2.24) is 0 Å². The fourth-order valence-electron chi connectivity index (χ4n) is 8.17. The van der Waals surface area contributed by atoms with Crippen LogP contribution in [0.3, 0.4) is 0 Å². The van der Waals surface area contributed by atoms with Gasteiger partial charge in [0.05, 0.1) is 0 Å². The summed E-state index contributed by atoms with van der Waals surface area (Å²) < 4.78 is 2.80. The van der Waals surface area contributed by atoms with Gasteiger partial charge in [0.2, 0.25) is 0 Å². The highest BCUT2D eigenvalue weighted by Gasteiger charge is 2.38. The second kappa shape index (κ2) is 8.56. The van der Waals surface area contributed by atoms with Crippen LogP contribution >= 0.6 is 11.3 Å². The molecule has 0 atom stereocenters. The van der Waals surface area contributed by atoms with Crippen LogP contribution in [0.2, 0.25) is 0 Å². The Morgan fingerprint density at radius 2 is 1.07 bits per heavy atom. The van der Waals surface area contributed by atoms with Crippen LogP contribution < -0.4 is 0 Å². The molecule has 9 aromatic rings. The minimum Gasteiger partial charge on any atom is -0.135 e. The van der Waals surface area contributed by atoms with Crippen molar-refractivity contribution in [3.05, 3.63) is 145 Å². The molecule has 0 saturated carbocycles. The van der Waals surface area contributed by atoms with Gasteiger partial charge in [-0.1, -0.05) is 135 Å². The number of hydrogen-bond donors (Lipinski definition) is 0. The normalized spacial score (nSPS) is 13.9. The zero-order valence-electron chi connectivity index (χ0n) is 24.6. The monoisotopic (exact) mass is 576 g/mol. The van der Waals surface area contributed by atoms with Crippen molar-refractivity contribution in [2.24, 2.45) is 0 Å². The standard InChI is InChI=1S/C43H28S/c1-43(2)37-23-16-28(24-36(37)34-21-22-35-31-10-6-7-11-38(31)44-42(35)41(34)43)30-18-13-27-14-19-32-29(25-8-4-3-5-9-25)17-12-26-15-20-33(30)40(27)39(26)32/h3-24H,1-2H3. The number of hydrogen-bond acceptors (Lipinski definition) is 1. The van der Waals surface area contributed by atoms with E-state index in [1.165, 1.54) is 97.0 Å². The SMILES string of the molecule is CC1(C)c2ccc(-c3ccc4ccc5c(-c6ccccc6)ccc6ccc3c4c65)cc2-c2ccc3c(sc4ccccc43)c21. The lowest BCUT2D eigenvalue weighted by molar-refractivity contribution is 0.667. The minimum absolute atomic E-state index is 0.0555. The van der Waals surface area contributed by atoms with Gasteiger partial charge in [0.25, 0.3) is 0 Å². The Balaban J connectivity index is 1.21. The van der Waals surface area contributed by atoms with E-state index in [1.807, 2.05) is 11.3 Å². The first-order valence-electron chi connectivity index (χ1n) is 15.4. The molecule has 206 valence electrons. The van der Waals surface area contributed by atoms with Crippen molar-refractivity contribution in [2.75, 3.05) is 0 Å². The van der Waals surface area contributed by atoms with Crippen LogP contribution in [0.4, 0.5) is 0 Å². The van der Waals surface area contributed by atoms with E-state index in [-0.39, 0.29) is 5.41 Å². The summed E-state index contributed by atoms with van der Waals surface area (Å²) >= 11 is 1.95. The smallest absolute Gasteiger partial charge is 0.0402 e. The van der Waals surface area contributed by atoms with E-state index in [1.54, 1.807) is 0 Å². The topological polar surface area (TPSA) is 0 Å². The lowest BCUT2D eigenvalue weighted by atomic mass is 9.81. The van der Waals surface area contributed by atoms with Gasteiger partial charge in [-0.05, 0) is 89.0 Å². The molecule has 1 aliphatic carbocycles. The number of thiophene rings is 1. The van der Waals surface area contributed by atoms with Crippen molar-refractivity contribution in [3.8, 4) is 33.4 Å². The molecule has 44 heavy (non-hydrogen) atoms. The van der Waals surface area contributed by atoms with Gasteiger partial charge < -0.3 is 0 Å². The summed E-state index contributed by atoms with van der Waals surface area (Å²) in [4.78, 5) is 0. The molecule has 0 unspecified atom stereocenters. The molecular weight excluding hydrogens is 549 g/mol. The van der Waals surface area contributed by atoms with Crippen molar-refractivity contribution in [3.63, 3.8) is 0 Å². The van der Waals surface area contributed by atoms with Gasteiger partial charge in [0.1, 0.15) is 0 Å². The highest BCUT2D eigenvalue weighted by atomic mass is 32.1. The van der Waals surface area contributed by atoms with E-state index in [0.29, 0.717) is 0 Å². The highest BCUT2D eigenvalue weighted by molar-refractivity contribution is 7.26. The quantitative estimate of drug-likeness (QED) is 0.180. The molecule has 10 rings (SSSR count). The fourth-order valence-corrected chi connectivity index (χ4v) is 9.58. The summed E-state index contributed by atoms with van der Waals surface area (Å²) in [7, 11) is 0. The van der Waals surface area contributed by atoms with Gasteiger partial charge in [-0.3, -0.25) is 0 Å². The molecule has 0 radical (unpaired) electrons. The molecule has 1 aliphatic rings. The van der Waals surface area contributed by atoms with Crippen molar-refractivity contribution >= 4 is 63.8 Å². The first-order valence-corrected chi connectivity index (χ1v) is 16.3. The van der Waals surface area contributed by atoms with E-state index in [4.69, 9.17) is 0 Å². The second-order valence-corrected chi connectivity index (χ2v) is 13.9. The maximum absolute atomic E-state index is 2.46. The van der Waals surface area contributed by atoms with Crippen LogP contribution in [0.1, 0.15) is 25.0 Å². The Morgan fingerprint density at radius 3 is 1.82 bits per heavy atom. The minimum atomic E-state index is -0.0555. The van der Waals surface area contributed by atoms with Crippen LogP contribution in [0.5, 0.6) is 0 Å². The summed E-state index contributed by atoms with van der Waals surface area (Å²) in [6.07, 6.45) is 0. The Kier molecular flexibility index (Phi) is 4.76. The van der Waals surface area contributed by atoms with Crippen molar-refractivity contribution in [1.29, 1.82) is 0 Å². The van der Waals surface area contributed by atoms with Gasteiger partial charge in [0.15, 0.2) is 0 Å². The van der Waals surface area contributed by atoms with E-state index in [2.05, 4.69) is 147 Å². The van der Waals surface area contributed by atoms with Gasteiger partial charge in [-0.15, -0.1) is 11.3 Å². The summed E-state index contributed by atoms with van der Waals surface area (Å²) in [6.45, 7) is 4.81. The highest BCUT2D eigenvalue weighted by Crippen LogP contribution is 2.55. The molecule has 1 aromatic heterocycles. The average molecular weight is 577 g/mol.